The number of aromatic nitrogens is 1. The second-order valence-electron chi connectivity index (χ2n) is 7.84. The molecule has 4 aromatic rings. The predicted octanol–water partition coefficient (Wildman–Crippen LogP) is 4.27. The molecule has 0 aliphatic rings. The highest BCUT2D eigenvalue weighted by Crippen LogP contribution is 2.28. The van der Waals surface area contributed by atoms with Crippen LogP contribution in [0.4, 0.5) is 10.1 Å². The van der Waals surface area contributed by atoms with Gasteiger partial charge in [-0.15, -0.1) is 0 Å². The number of nitrogens with one attached hydrogen (secondary N) is 1. The minimum atomic E-state index is -4.41. The van der Waals surface area contributed by atoms with Crippen molar-refractivity contribution in [2.75, 3.05) is 0 Å². The first-order valence-electron chi connectivity index (χ1n) is 10.3. The number of rotatable bonds is 7. The third kappa shape index (κ3) is 4.73. The molecule has 0 aliphatic carbocycles. The molecule has 0 unspecified atom stereocenters. The average molecular weight is 482 g/mol. The van der Waals surface area contributed by atoms with Crippen LogP contribution >= 0.6 is 0 Å². The third-order valence-corrected chi connectivity index (χ3v) is 7.22. The summed E-state index contributed by atoms with van der Waals surface area (Å²) in [5, 5.41) is 12.2. The quantitative estimate of drug-likeness (QED) is 0.313. The second-order valence-corrected chi connectivity index (χ2v) is 9.75. The van der Waals surface area contributed by atoms with Crippen LogP contribution in [-0.4, -0.2) is 22.6 Å². The molecule has 0 radical (unpaired) electrons. The molecule has 1 N–H and O–H groups in total. The summed E-state index contributed by atoms with van der Waals surface area (Å²) in [6, 6.07) is 17.3. The number of sulfonamides is 1. The largest absolute Gasteiger partial charge is 0.322 e. The Bertz CT molecular complexity index is 1550. The summed E-state index contributed by atoms with van der Waals surface area (Å²) in [6.45, 7) is 1.32. The van der Waals surface area contributed by atoms with Crippen molar-refractivity contribution in [3.8, 4) is 0 Å². The Balaban J connectivity index is 1.82. The maximum Gasteiger partial charge on any atom is 0.289 e. The number of hydrogen-bond donors (Lipinski definition) is 1. The summed E-state index contributed by atoms with van der Waals surface area (Å²) >= 11 is 0. The van der Waals surface area contributed by atoms with E-state index >= 15 is 0 Å². The van der Waals surface area contributed by atoms with Gasteiger partial charge in [-0.1, -0.05) is 36.4 Å². The van der Waals surface area contributed by atoms with E-state index in [9.17, 15) is 27.7 Å². The Kier molecular flexibility index (Phi) is 6.27. The molecule has 8 nitrogen and oxygen atoms in total. The molecule has 0 saturated carbocycles. The van der Waals surface area contributed by atoms with Crippen LogP contribution in [0.1, 0.15) is 16.7 Å². The zero-order valence-corrected chi connectivity index (χ0v) is 18.9. The molecule has 34 heavy (non-hydrogen) atoms. The number of hydrogen-bond acceptors (Lipinski definition) is 5. The van der Waals surface area contributed by atoms with E-state index in [0.717, 1.165) is 22.0 Å². The topological polar surface area (TPSA) is 113 Å². The van der Waals surface area contributed by atoms with E-state index in [0.29, 0.717) is 16.5 Å². The number of benzene rings is 3. The Labute approximate surface area is 194 Å². The Morgan fingerprint density at radius 2 is 1.71 bits per heavy atom. The van der Waals surface area contributed by atoms with Crippen LogP contribution < -0.4 is 5.56 Å². The van der Waals surface area contributed by atoms with Crippen LogP contribution in [-0.2, 0) is 23.1 Å². The van der Waals surface area contributed by atoms with Crippen LogP contribution in [0.3, 0.4) is 0 Å². The fourth-order valence-corrected chi connectivity index (χ4v) is 5.22. The van der Waals surface area contributed by atoms with Crippen LogP contribution in [0.15, 0.2) is 82.5 Å². The minimum Gasteiger partial charge on any atom is -0.322 e. The van der Waals surface area contributed by atoms with Crippen molar-refractivity contribution in [2.24, 2.45) is 0 Å². The Morgan fingerprint density at radius 3 is 2.41 bits per heavy atom. The molecule has 3 aromatic carbocycles. The van der Waals surface area contributed by atoms with Gasteiger partial charge in [0.1, 0.15) is 5.82 Å². The van der Waals surface area contributed by atoms with Crippen molar-refractivity contribution in [3.63, 3.8) is 0 Å². The third-order valence-electron chi connectivity index (χ3n) is 5.38. The summed E-state index contributed by atoms with van der Waals surface area (Å²) in [7, 11) is -4.41. The molecule has 0 spiro atoms. The fraction of sp³-hybridized carbons (Fsp3) is 0.125. The van der Waals surface area contributed by atoms with Gasteiger partial charge in [-0.25, -0.2) is 12.8 Å². The van der Waals surface area contributed by atoms with Crippen molar-refractivity contribution < 1.29 is 17.7 Å². The molecule has 1 heterocycles. The first-order valence-corrected chi connectivity index (χ1v) is 11.7. The van der Waals surface area contributed by atoms with E-state index in [1.165, 1.54) is 36.4 Å². The lowest BCUT2D eigenvalue weighted by Crippen LogP contribution is -2.33. The number of aromatic amines is 1. The van der Waals surface area contributed by atoms with Crippen LogP contribution in [0.25, 0.3) is 10.9 Å². The van der Waals surface area contributed by atoms with Gasteiger partial charge in [0, 0.05) is 30.2 Å². The number of halogens is 1. The van der Waals surface area contributed by atoms with Gasteiger partial charge in [0.15, 0.2) is 4.90 Å². The molecule has 10 heteroatoms. The lowest BCUT2D eigenvalue weighted by molar-refractivity contribution is -0.387. The Hall–Kier alpha value is -3.89. The van der Waals surface area contributed by atoms with E-state index in [4.69, 9.17) is 0 Å². The molecule has 1 aromatic heterocycles. The summed E-state index contributed by atoms with van der Waals surface area (Å²) in [5.74, 6) is -0.488. The Morgan fingerprint density at radius 1 is 1.00 bits per heavy atom. The molecule has 0 saturated heterocycles. The second kappa shape index (κ2) is 9.16. The van der Waals surface area contributed by atoms with Gasteiger partial charge in [0.2, 0.25) is 0 Å². The lowest BCUT2D eigenvalue weighted by Gasteiger charge is -2.22. The number of pyridine rings is 1. The summed E-state index contributed by atoms with van der Waals surface area (Å²) in [4.78, 5) is 25.8. The van der Waals surface area contributed by atoms with Crippen molar-refractivity contribution >= 4 is 26.6 Å². The standard InChI is InChI=1S/C24H20FN3O5S/c1-16-6-9-18-13-19(24(29)26-21(18)12-16)15-27(14-17-7-10-20(25)11-8-17)34(32,33)23-5-3-2-4-22(23)28(30)31/h2-13H,14-15H2,1H3,(H,26,29). The van der Waals surface area contributed by atoms with Crippen molar-refractivity contribution in [1.82, 2.24) is 9.29 Å². The molecule has 0 atom stereocenters. The van der Waals surface area contributed by atoms with E-state index in [1.807, 2.05) is 19.1 Å². The van der Waals surface area contributed by atoms with Gasteiger partial charge in [-0.05, 0) is 53.8 Å². The molecule has 0 bridgehead atoms. The maximum atomic E-state index is 13.6. The molecule has 0 amide bonds. The number of aryl methyl sites for hydroxylation is 1. The number of fused-ring (bicyclic) bond motifs is 1. The monoisotopic (exact) mass is 481 g/mol. The number of nitro groups is 1. The van der Waals surface area contributed by atoms with Crippen LogP contribution in [0.5, 0.6) is 0 Å². The minimum absolute atomic E-state index is 0.167. The van der Waals surface area contributed by atoms with Gasteiger partial charge in [-0.2, -0.15) is 4.31 Å². The molecular formula is C24H20FN3O5S. The highest BCUT2D eigenvalue weighted by Gasteiger charge is 2.32. The first kappa shape index (κ1) is 23.3. The SMILES string of the molecule is Cc1ccc2cc(CN(Cc3ccc(F)cc3)S(=O)(=O)c3ccccc3[N+](=O)[O-])c(=O)[nH]c2c1. The van der Waals surface area contributed by atoms with E-state index in [2.05, 4.69) is 4.98 Å². The highest BCUT2D eigenvalue weighted by molar-refractivity contribution is 7.89. The van der Waals surface area contributed by atoms with E-state index in [1.54, 1.807) is 12.1 Å². The molecule has 0 fully saturated rings. The zero-order chi connectivity index (χ0) is 24.5. The average Bonchev–Trinajstić information content (AvgIpc) is 2.80. The molecule has 174 valence electrons. The van der Waals surface area contributed by atoms with Gasteiger partial charge in [0.25, 0.3) is 21.3 Å². The van der Waals surface area contributed by atoms with Gasteiger partial charge >= 0.3 is 0 Å². The van der Waals surface area contributed by atoms with Crippen molar-refractivity contribution in [3.05, 3.63) is 116 Å². The summed E-state index contributed by atoms with van der Waals surface area (Å²) in [6.07, 6.45) is 0. The fourth-order valence-electron chi connectivity index (χ4n) is 3.65. The van der Waals surface area contributed by atoms with Gasteiger partial charge in [-0.3, -0.25) is 14.9 Å². The van der Waals surface area contributed by atoms with Crippen LogP contribution in [0.2, 0.25) is 0 Å². The molecule has 4 rings (SSSR count). The lowest BCUT2D eigenvalue weighted by atomic mass is 10.1. The smallest absolute Gasteiger partial charge is 0.289 e. The van der Waals surface area contributed by atoms with Gasteiger partial charge in [0.05, 0.1) is 4.92 Å². The van der Waals surface area contributed by atoms with Crippen molar-refractivity contribution in [2.45, 2.75) is 24.9 Å². The van der Waals surface area contributed by atoms with Gasteiger partial charge < -0.3 is 4.98 Å². The van der Waals surface area contributed by atoms with E-state index in [-0.39, 0.29) is 18.7 Å². The molecule has 0 aliphatic heterocycles. The van der Waals surface area contributed by atoms with E-state index < -0.39 is 36.9 Å². The summed E-state index contributed by atoms with van der Waals surface area (Å²) in [5.41, 5.74) is 1.14. The zero-order valence-electron chi connectivity index (χ0n) is 18.1. The number of para-hydroxylation sites is 1. The van der Waals surface area contributed by atoms with Crippen molar-refractivity contribution in [1.29, 1.82) is 0 Å². The normalized spacial score (nSPS) is 11.7. The number of H-pyrrole nitrogens is 1. The summed E-state index contributed by atoms with van der Waals surface area (Å²) < 4.78 is 41.5. The first-order chi connectivity index (χ1) is 16.1. The maximum absolute atomic E-state index is 13.6. The van der Waals surface area contributed by atoms with Crippen LogP contribution in [0, 0.1) is 22.9 Å². The number of nitro benzene ring substituents is 1. The number of nitrogens with zero attached hydrogens (tertiary/aromatic N) is 2. The highest BCUT2D eigenvalue weighted by atomic mass is 32.2. The molecular weight excluding hydrogens is 461 g/mol. The predicted molar refractivity (Wildman–Crippen MR) is 125 cm³/mol.